The number of aromatic nitrogens is 3. The second-order valence-corrected chi connectivity index (χ2v) is 10.5. The summed E-state index contributed by atoms with van der Waals surface area (Å²) in [6.45, 7) is 24.7. The minimum absolute atomic E-state index is 0.000562. The molecule has 0 unspecified atom stereocenters. The number of rotatable bonds is 3. The molecule has 0 aliphatic carbocycles. The van der Waals surface area contributed by atoms with E-state index in [1.54, 1.807) is 19.1 Å². The zero-order valence-corrected chi connectivity index (χ0v) is 25.4. The molecule has 17 heteroatoms. The first-order valence-electron chi connectivity index (χ1n) is 14.1. The number of hydrogen-bond donors (Lipinski definition) is 0. The van der Waals surface area contributed by atoms with Gasteiger partial charge >= 0.3 is 0 Å². The topological polar surface area (TPSA) is 197 Å². The average molecular weight is 666 g/mol. The van der Waals surface area contributed by atoms with Crippen LogP contribution < -0.4 is 32.1 Å². The zero-order chi connectivity index (χ0) is 36.0. The van der Waals surface area contributed by atoms with Crippen LogP contribution in [0.25, 0.3) is 31.4 Å². The quantitative estimate of drug-likeness (QED) is 0.237. The first-order chi connectivity index (χ1) is 24.7. The van der Waals surface area contributed by atoms with Gasteiger partial charge in [-0.15, -0.1) is 0 Å². The van der Waals surface area contributed by atoms with Crippen molar-refractivity contribution in [2.24, 2.45) is 30.0 Å². The van der Waals surface area contributed by atoms with Gasteiger partial charge in [0.25, 0.3) is 5.70 Å². The second kappa shape index (κ2) is 11.9. The van der Waals surface area contributed by atoms with Crippen LogP contribution in [0.5, 0.6) is 0 Å². The highest BCUT2D eigenvalue weighted by atomic mass is 19.1. The van der Waals surface area contributed by atoms with Gasteiger partial charge in [-0.05, 0) is 31.2 Å². The lowest BCUT2D eigenvalue weighted by atomic mass is 10.2. The van der Waals surface area contributed by atoms with Crippen LogP contribution in [0.2, 0.25) is 0 Å². The molecule has 4 aromatic rings. The normalized spacial score (nSPS) is 15.7. The lowest BCUT2D eigenvalue weighted by molar-refractivity contribution is 0.624. The van der Waals surface area contributed by atoms with Gasteiger partial charge in [0.05, 0.1) is 52.1 Å². The van der Waals surface area contributed by atoms with Gasteiger partial charge in [-0.2, -0.15) is 15.8 Å². The summed E-state index contributed by atoms with van der Waals surface area (Å²) in [6.07, 6.45) is 0. The van der Waals surface area contributed by atoms with E-state index in [-0.39, 0.29) is 66.8 Å². The third-order valence-electron chi connectivity index (χ3n) is 7.29. The molecular weight excluding hydrogens is 656 g/mol. The summed E-state index contributed by atoms with van der Waals surface area (Å²) in [5.74, 6) is -3.60. The molecule has 4 heterocycles. The second-order valence-electron chi connectivity index (χ2n) is 10.5. The van der Waals surface area contributed by atoms with Gasteiger partial charge in [-0.1, -0.05) is 11.6 Å². The van der Waals surface area contributed by atoms with E-state index in [0.29, 0.717) is 5.36 Å². The molecule has 3 aliphatic rings. The molecule has 0 atom stereocenters. The number of benzene rings is 3. The minimum Gasteiger partial charge on any atom is -0.238 e. The molecule has 0 bridgehead atoms. The first-order valence-corrected chi connectivity index (χ1v) is 14.1. The Hall–Kier alpha value is -8.51. The van der Waals surface area contributed by atoms with E-state index in [2.05, 4.69) is 59.4 Å². The zero-order valence-electron chi connectivity index (χ0n) is 25.4. The molecule has 51 heavy (non-hydrogen) atoms. The molecule has 1 aromatic heterocycles. The Bertz CT molecular complexity index is 2790. The van der Waals surface area contributed by atoms with Crippen molar-refractivity contribution in [1.29, 1.82) is 15.8 Å². The number of aryl methyl sites for hydroxylation is 1. The molecule has 0 spiro atoms. The molecule has 0 saturated heterocycles. The van der Waals surface area contributed by atoms with Crippen LogP contribution in [-0.2, 0) is 0 Å². The predicted molar refractivity (Wildman–Crippen MR) is 167 cm³/mol. The molecule has 0 fully saturated rings. The van der Waals surface area contributed by atoms with Gasteiger partial charge in [-0.3, -0.25) is 0 Å². The van der Waals surface area contributed by atoms with E-state index in [4.69, 9.17) is 19.7 Å². The molecule has 7 rings (SSSR count). The Morgan fingerprint density at radius 1 is 0.608 bits per heavy atom. The Morgan fingerprint density at radius 3 is 1.65 bits per heavy atom. The van der Waals surface area contributed by atoms with Gasteiger partial charge in [0.2, 0.25) is 11.4 Å². The van der Waals surface area contributed by atoms with E-state index in [0.717, 1.165) is 29.8 Å². The first kappa shape index (κ1) is 31.1. The summed E-state index contributed by atoms with van der Waals surface area (Å²) in [4.78, 5) is 49.0. The monoisotopic (exact) mass is 665 g/mol. The van der Waals surface area contributed by atoms with Gasteiger partial charge < -0.3 is 0 Å². The van der Waals surface area contributed by atoms with Crippen LogP contribution in [0.3, 0.4) is 0 Å². The fourth-order valence-corrected chi connectivity index (χ4v) is 5.12. The largest absolute Gasteiger partial charge is 0.274 e. The predicted octanol–water partition coefficient (Wildman–Crippen LogP) is 2.22. The summed E-state index contributed by atoms with van der Waals surface area (Å²) in [7, 11) is 0. The summed E-state index contributed by atoms with van der Waals surface area (Å²) in [6, 6.07) is 12.9. The van der Waals surface area contributed by atoms with E-state index in [9.17, 15) is 24.6 Å². The highest BCUT2D eigenvalue weighted by molar-refractivity contribution is 5.81. The van der Waals surface area contributed by atoms with Crippen molar-refractivity contribution in [1.82, 2.24) is 15.0 Å². The number of hydrogen-bond acceptors (Lipinski definition) is 12. The lowest BCUT2D eigenvalue weighted by Crippen LogP contribution is -2.25. The van der Waals surface area contributed by atoms with Crippen molar-refractivity contribution in [2.45, 2.75) is 6.92 Å². The van der Waals surface area contributed by atoms with Crippen molar-refractivity contribution < 1.29 is 8.78 Å². The number of nitrogens with zero attached hydrogens (tertiary/aromatic N) is 15. The number of nitriles is 3. The molecule has 15 nitrogen and oxygen atoms in total. The van der Waals surface area contributed by atoms with Crippen molar-refractivity contribution in [3.63, 3.8) is 0 Å². The summed E-state index contributed by atoms with van der Waals surface area (Å²) >= 11 is 0. The summed E-state index contributed by atoms with van der Waals surface area (Å²) in [5, 5.41) is 30.7. The van der Waals surface area contributed by atoms with Crippen LogP contribution in [0.15, 0.2) is 83.8 Å². The third-order valence-corrected chi connectivity index (χ3v) is 7.29. The van der Waals surface area contributed by atoms with Crippen molar-refractivity contribution in [3.8, 4) is 18.2 Å². The molecule has 234 valence electrons. The van der Waals surface area contributed by atoms with E-state index < -0.39 is 40.4 Å². The van der Waals surface area contributed by atoms with Crippen molar-refractivity contribution in [2.75, 3.05) is 0 Å². The molecule has 0 N–H and O–H groups in total. The van der Waals surface area contributed by atoms with Crippen LogP contribution in [-0.4, -0.2) is 15.0 Å². The van der Waals surface area contributed by atoms with Gasteiger partial charge in [0.1, 0.15) is 46.3 Å². The fourth-order valence-electron chi connectivity index (χ4n) is 5.12. The molecule has 0 radical (unpaired) electrons. The SMILES string of the molecule is [C-]#[N+]/C(=C1\N=c2cc(F)cc(C#N)c2=N1)c1nc(/C(C#N)=C2/N=c3cc(C)cc([N+]#[C-])c3=N2)nc(/C(C#N)=C2/N=c3cc(F)cc([N+]#[C-])c3=N2)n1. The Labute approximate surface area is 283 Å². The fraction of sp³-hybridized carbons (Fsp3) is 0.0294. The van der Waals surface area contributed by atoms with Crippen LogP contribution in [0, 0.1) is 72.3 Å². The maximum absolute atomic E-state index is 14.2. The molecule has 3 aromatic carbocycles. The van der Waals surface area contributed by atoms with Gasteiger partial charge in [-0.25, -0.2) is 68.2 Å². The Morgan fingerprint density at radius 2 is 1.10 bits per heavy atom. The van der Waals surface area contributed by atoms with Crippen LogP contribution in [0.4, 0.5) is 20.2 Å². The minimum atomic E-state index is -0.761. The highest BCUT2D eigenvalue weighted by Gasteiger charge is 2.26. The van der Waals surface area contributed by atoms with E-state index >= 15 is 0 Å². The van der Waals surface area contributed by atoms with Crippen LogP contribution in [0.1, 0.15) is 28.6 Å². The van der Waals surface area contributed by atoms with Gasteiger partial charge in [0.15, 0.2) is 34.9 Å². The number of halogens is 2. The van der Waals surface area contributed by atoms with Crippen molar-refractivity contribution >= 4 is 28.2 Å². The Balaban J connectivity index is 1.53. The molecule has 0 amide bonds. The van der Waals surface area contributed by atoms with E-state index in [1.807, 2.05) is 18.2 Å². The maximum Gasteiger partial charge on any atom is 0.274 e. The maximum atomic E-state index is 14.2. The number of fused-ring (bicyclic) bond motifs is 3. The standard InChI is InChI=1S/C34H9F2N15/c1-14-5-20(40-2)26-22(6-14)43-29(47-26)18(12-38)31-49-32(19(13-39)30-44-24-10-17(36)8-21(41-3)27(24)48-30)51-34(50-31)28(42-4)33-45-23-9-16(35)7-15(11-37)25(23)46-33/h5-10H,1H3/b29-18-,30-19-,33-28+. The molecular formula is C34H9F2N15. The third kappa shape index (κ3) is 5.21. The molecule has 0 saturated carbocycles. The average Bonchev–Trinajstić information content (AvgIpc) is 3.85. The smallest absolute Gasteiger partial charge is 0.238 e. The van der Waals surface area contributed by atoms with Crippen LogP contribution >= 0.6 is 0 Å². The molecule has 3 aliphatic heterocycles. The van der Waals surface area contributed by atoms with Crippen molar-refractivity contribution in [3.05, 3.63) is 160 Å². The summed E-state index contributed by atoms with van der Waals surface area (Å²) in [5.41, 5.74) is -0.569. The highest BCUT2D eigenvalue weighted by Crippen LogP contribution is 2.27. The number of allylic oxidation sites excluding steroid dienone is 2. The lowest BCUT2D eigenvalue weighted by Gasteiger charge is -2.07. The summed E-state index contributed by atoms with van der Waals surface area (Å²) < 4.78 is 28.4. The van der Waals surface area contributed by atoms with E-state index in [1.165, 1.54) is 0 Å². The van der Waals surface area contributed by atoms with Gasteiger partial charge in [0, 0.05) is 6.07 Å². The Kier molecular flexibility index (Phi) is 7.28.